The van der Waals surface area contributed by atoms with Crippen molar-refractivity contribution in [3.8, 4) is 0 Å². The molecule has 0 amide bonds. The maximum absolute atomic E-state index is 3.51. The lowest BCUT2D eigenvalue weighted by atomic mass is 9.90. The standard InChI is InChI=1S/C12H24N2/c1-12(2,3)9-14-7-10-4-5-13-6-11(10)8-14/h10-11,13H,4-9H2,1-3H3. The van der Waals surface area contributed by atoms with Crippen molar-refractivity contribution in [3.05, 3.63) is 0 Å². The van der Waals surface area contributed by atoms with Crippen LogP contribution in [0.2, 0.25) is 0 Å². The van der Waals surface area contributed by atoms with E-state index in [1.165, 1.54) is 39.1 Å². The summed E-state index contributed by atoms with van der Waals surface area (Å²) in [6.07, 6.45) is 1.39. The molecule has 2 saturated heterocycles. The van der Waals surface area contributed by atoms with Crippen molar-refractivity contribution in [2.75, 3.05) is 32.7 Å². The maximum Gasteiger partial charge on any atom is 0.00303 e. The summed E-state index contributed by atoms with van der Waals surface area (Å²) >= 11 is 0. The van der Waals surface area contributed by atoms with Gasteiger partial charge in [0.25, 0.3) is 0 Å². The van der Waals surface area contributed by atoms with Crippen LogP contribution in [0.15, 0.2) is 0 Å². The van der Waals surface area contributed by atoms with Crippen LogP contribution < -0.4 is 5.32 Å². The van der Waals surface area contributed by atoms with Crippen LogP contribution in [0.1, 0.15) is 27.2 Å². The number of hydrogen-bond donors (Lipinski definition) is 1. The lowest BCUT2D eigenvalue weighted by Crippen LogP contribution is -2.35. The fourth-order valence-electron chi connectivity index (χ4n) is 2.97. The lowest BCUT2D eigenvalue weighted by Gasteiger charge is -2.26. The second-order valence-electron chi connectivity index (χ2n) is 6.27. The van der Waals surface area contributed by atoms with Crippen LogP contribution >= 0.6 is 0 Å². The number of hydrogen-bond acceptors (Lipinski definition) is 2. The Bertz CT molecular complexity index is 181. The van der Waals surface area contributed by atoms with Crippen molar-refractivity contribution in [2.45, 2.75) is 27.2 Å². The molecule has 0 aromatic heterocycles. The topological polar surface area (TPSA) is 15.3 Å². The number of nitrogens with zero attached hydrogens (tertiary/aromatic N) is 1. The fraction of sp³-hybridized carbons (Fsp3) is 1.00. The van der Waals surface area contributed by atoms with Gasteiger partial charge in [-0.15, -0.1) is 0 Å². The highest BCUT2D eigenvalue weighted by atomic mass is 15.2. The van der Waals surface area contributed by atoms with Gasteiger partial charge in [0, 0.05) is 19.6 Å². The molecule has 0 saturated carbocycles. The summed E-state index contributed by atoms with van der Waals surface area (Å²) in [6.45, 7) is 13.5. The Morgan fingerprint density at radius 2 is 1.93 bits per heavy atom. The normalized spacial score (nSPS) is 34.5. The summed E-state index contributed by atoms with van der Waals surface area (Å²) in [5.74, 6) is 1.92. The van der Waals surface area contributed by atoms with E-state index in [2.05, 4.69) is 31.0 Å². The predicted octanol–water partition coefficient (Wildman–Crippen LogP) is 1.57. The third kappa shape index (κ3) is 2.48. The summed E-state index contributed by atoms with van der Waals surface area (Å²) in [6, 6.07) is 0. The van der Waals surface area contributed by atoms with Crippen LogP contribution in [0.5, 0.6) is 0 Å². The lowest BCUT2D eigenvalue weighted by molar-refractivity contribution is 0.219. The molecular weight excluding hydrogens is 172 g/mol. The van der Waals surface area contributed by atoms with Gasteiger partial charge in [-0.3, -0.25) is 0 Å². The third-order valence-electron chi connectivity index (χ3n) is 3.45. The number of piperidine rings is 1. The highest BCUT2D eigenvalue weighted by Gasteiger charge is 2.35. The first-order valence-electron chi connectivity index (χ1n) is 5.98. The van der Waals surface area contributed by atoms with Gasteiger partial charge in [0.05, 0.1) is 0 Å². The van der Waals surface area contributed by atoms with Gasteiger partial charge >= 0.3 is 0 Å². The highest BCUT2D eigenvalue weighted by molar-refractivity contribution is 4.89. The molecule has 0 aromatic rings. The Hall–Kier alpha value is -0.0800. The first-order valence-corrected chi connectivity index (χ1v) is 5.98. The molecule has 0 bridgehead atoms. The Morgan fingerprint density at radius 3 is 2.57 bits per heavy atom. The molecule has 2 atom stereocenters. The minimum atomic E-state index is 0.459. The van der Waals surface area contributed by atoms with E-state index in [0.717, 1.165) is 11.8 Å². The SMILES string of the molecule is CC(C)(C)CN1CC2CCNCC2C1. The van der Waals surface area contributed by atoms with Gasteiger partial charge in [-0.2, -0.15) is 0 Å². The van der Waals surface area contributed by atoms with Crippen molar-refractivity contribution >= 4 is 0 Å². The second-order valence-corrected chi connectivity index (χ2v) is 6.27. The average Bonchev–Trinajstić information content (AvgIpc) is 2.42. The van der Waals surface area contributed by atoms with Crippen LogP contribution in [0.25, 0.3) is 0 Å². The predicted molar refractivity (Wildman–Crippen MR) is 60.4 cm³/mol. The first kappa shape index (κ1) is 10.4. The quantitative estimate of drug-likeness (QED) is 0.685. The molecule has 1 N–H and O–H groups in total. The fourth-order valence-corrected chi connectivity index (χ4v) is 2.97. The summed E-state index contributed by atoms with van der Waals surface area (Å²) in [7, 11) is 0. The third-order valence-corrected chi connectivity index (χ3v) is 3.45. The Morgan fingerprint density at radius 1 is 1.21 bits per heavy atom. The van der Waals surface area contributed by atoms with Crippen LogP contribution in [-0.2, 0) is 0 Å². The van der Waals surface area contributed by atoms with Gasteiger partial charge in [-0.05, 0) is 36.8 Å². The van der Waals surface area contributed by atoms with E-state index in [4.69, 9.17) is 0 Å². The number of nitrogens with one attached hydrogen (secondary N) is 1. The number of fused-ring (bicyclic) bond motifs is 1. The molecular formula is C12H24N2. The molecule has 2 fully saturated rings. The summed E-state index contributed by atoms with van der Waals surface area (Å²) < 4.78 is 0. The van der Waals surface area contributed by atoms with Crippen molar-refractivity contribution in [1.29, 1.82) is 0 Å². The molecule has 0 aromatic carbocycles. The zero-order chi connectivity index (χ0) is 10.2. The zero-order valence-corrected chi connectivity index (χ0v) is 9.84. The number of rotatable bonds is 1. The second kappa shape index (κ2) is 3.82. The van der Waals surface area contributed by atoms with E-state index in [-0.39, 0.29) is 0 Å². The largest absolute Gasteiger partial charge is 0.316 e. The highest BCUT2D eigenvalue weighted by Crippen LogP contribution is 2.30. The van der Waals surface area contributed by atoms with Crippen LogP contribution in [0, 0.1) is 17.3 Å². The smallest absolute Gasteiger partial charge is 0.00303 e. The van der Waals surface area contributed by atoms with Crippen LogP contribution in [0.3, 0.4) is 0 Å². The van der Waals surface area contributed by atoms with Crippen molar-refractivity contribution in [2.24, 2.45) is 17.3 Å². The molecule has 82 valence electrons. The van der Waals surface area contributed by atoms with Gasteiger partial charge in [0.15, 0.2) is 0 Å². The van der Waals surface area contributed by atoms with Gasteiger partial charge in [-0.1, -0.05) is 20.8 Å². The maximum atomic E-state index is 3.51. The minimum absolute atomic E-state index is 0.459. The molecule has 2 aliphatic rings. The monoisotopic (exact) mass is 196 g/mol. The van der Waals surface area contributed by atoms with Crippen molar-refractivity contribution < 1.29 is 0 Å². The van der Waals surface area contributed by atoms with Crippen molar-refractivity contribution in [1.82, 2.24) is 10.2 Å². The molecule has 14 heavy (non-hydrogen) atoms. The molecule has 0 spiro atoms. The van der Waals surface area contributed by atoms with Gasteiger partial charge in [-0.25, -0.2) is 0 Å². The van der Waals surface area contributed by atoms with Gasteiger partial charge in [0.1, 0.15) is 0 Å². The van der Waals surface area contributed by atoms with E-state index < -0.39 is 0 Å². The minimum Gasteiger partial charge on any atom is -0.316 e. The van der Waals surface area contributed by atoms with E-state index in [1.54, 1.807) is 0 Å². The van der Waals surface area contributed by atoms with E-state index >= 15 is 0 Å². The molecule has 0 aliphatic carbocycles. The van der Waals surface area contributed by atoms with Gasteiger partial charge in [0.2, 0.25) is 0 Å². The van der Waals surface area contributed by atoms with Gasteiger partial charge < -0.3 is 10.2 Å². The Balaban J connectivity index is 1.87. The van der Waals surface area contributed by atoms with Crippen molar-refractivity contribution in [3.63, 3.8) is 0 Å². The molecule has 2 rings (SSSR count). The molecule has 2 heterocycles. The number of likely N-dealkylation sites (tertiary alicyclic amines) is 1. The van der Waals surface area contributed by atoms with E-state index in [1.807, 2.05) is 0 Å². The molecule has 2 unspecified atom stereocenters. The Labute approximate surface area is 88.1 Å². The van der Waals surface area contributed by atoms with E-state index in [0.29, 0.717) is 5.41 Å². The first-order chi connectivity index (χ1) is 6.54. The molecule has 0 radical (unpaired) electrons. The summed E-state index contributed by atoms with van der Waals surface area (Å²) in [5, 5.41) is 3.51. The van der Waals surface area contributed by atoms with E-state index in [9.17, 15) is 0 Å². The average molecular weight is 196 g/mol. The zero-order valence-electron chi connectivity index (χ0n) is 9.84. The van der Waals surface area contributed by atoms with Crippen LogP contribution in [0.4, 0.5) is 0 Å². The van der Waals surface area contributed by atoms with Crippen LogP contribution in [-0.4, -0.2) is 37.6 Å². The molecule has 2 aliphatic heterocycles. The Kier molecular flexibility index (Phi) is 2.85. The molecule has 2 heteroatoms. The summed E-state index contributed by atoms with van der Waals surface area (Å²) in [4.78, 5) is 2.67. The summed E-state index contributed by atoms with van der Waals surface area (Å²) in [5.41, 5.74) is 0.459. The molecule has 2 nitrogen and oxygen atoms in total.